The molecule has 4 nitrogen and oxygen atoms in total. The summed E-state index contributed by atoms with van der Waals surface area (Å²) in [7, 11) is 2.08. The number of rotatable bonds is 3. The zero-order valence-electron chi connectivity index (χ0n) is 11.9. The fourth-order valence-corrected chi connectivity index (χ4v) is 2.03. The van der Waals surface area contributed by atoms with Gasteiger partial charge in [0.2, 0.25) is 0 Å². The van der Waals surface area contributed by atoms with Crippen LogP contribution < -0.4 is 23.6 Å². The van der Waals surface area contributed by atoms with Gasteiger partial charge in [-0.2, -0.15) is 0 Å². The second kappa shape index (κ2) is 6.84. The molecule has 1 aliphatic rings. The molecule has 0 amide bonds. The Kier molecular flexibility index (Phi) is 5.74. The van der Waals surface area contributed by atoms with E-state index in [4.69, 9.17) is 9.84 Å². The van der Waals surface area contributed by atoms with Gasteiger partial charge in [0.15, 0.2) is 0 Å². The van der Waals surface area contributed by atoms with E-state index in [0.29, 0.717) is 5.75 Å². The largest absolute Gasteiger partial charge is 1.00 e. The Hall–Kier alpha value is -0.953. The van der Waals surface area contributed by atoms with Gasteiger partial charge in [-0.1, -0.05) is 12.1 Å². The number of nitrogens with zero attached hydrogens (tertiary/aromatic N) is 1. The normalized spacial score (nSPS) is 16.9. The number of ether oxygens (including phenoxy) is 1. The second-order valence-electron chi connectivity index (χ2n) is 4.42. The van der Waals surface area contributed by atoms with Crippen molar-refractivity contribution in [3.8, 4) is 5.75 Å². The van der Waals surface area contributed by atoms with Crippen molar-refractivity contribution in [2.45, 2.75) is 18.9 Å². The molecule has 94 valence electrons. The molecular weight excluding hydrogens is 225 g/mol. The van der Waals surface area contributed by atoms with E-state index in [2.05, 4.69) is 11.9 Å². The topological polar surface area (TPSA) is 49.8 Å². The van der Waals surface area contributed by atoms with Crippen molar-refractivity contribution in [2.75, 3.05) is 20.1 Å². The third-order valence-corrected chi connectivity index (χ3v) is 3.08. The van der Waals surface area contributed by atoms with Crippen LogP contribution in [0.1, 0.15) is 24.6 Å². The molecule has 0 bridgehead atoms. The Balaban J connectivity index is 0.00000162. The molecule has 0 saturated carbocycles. The average molecular weight is 243 g/mol. The summed E-state index contributed by atoms with van der Waals surface area (Å²) in [6, 6.07) is 6.82. The monoisotopic (exact) mass is 243 g/mol. The first kappa shape index (κ1) is 15.1. The second-order valence-corrected chi connectivity index (χ2v) is 4.42. The minimum absolute atomic E-state index is 0. The van der Waals surface area contributed by atoms with Gasteiger partial charge in [0.1, 0.15) is 17.4 Å². The molecular formula is C13H18LiNO3. The van der Waals surface area contributed by atoms with Crippen molar-refractivity contribution >= 4 is 5.97 Å². The van der Waals surface area contributed by atoms with Crippen molar-refractivity contribution in [3.63, 3.8) is 0 Å². The summed E-state index contributed by atoms with van der Waals surface area (Å²) in [5.41, 5.74) is 0.242. The Morgan fingerprint density at radius 3 is 2.61 bits per heavy atom. The van der Waals surface area contributed by atoms with Crippen LogP contribution in [0.3, 0.4) is 0 Å². The molecule has 0 unspecified atom stereocenters. The number of likely N-dealkylation sites (tertiary alicyclic amines) is 1. The molecule has 1 aromatic rings. The maximum absolute atomic E-state index is 11.0. The van der Waals surface area contributed by atoms with Crippen molar-refractivity contribution in [1.82, 2.24) is 4.90 Å². The number of hydrogen-bond acceptors (Lipinski definition) is 3. The van der Waals surface area contributed by atoms with Crippen molar-refractivity contribution < 1.29 is 34.9 Å². The quantitative estimate of drug-likeness (QED) is 0.690. The Bertz CT molecular complexity index is 409. The maximum atomic E-state index is 11.0. The van der Waals surface area contributed by atoms with Crippen LogP contribution in [0.2, 0.25) is 0 Å². The molecule has 18 heavy (non-hydrogen) atoms. The van der Waals surface area contributed by atoms with Crippen LogP contribution >= 0.6 is 0 Å². The fraction of sp³-hybridized carbons (Fsp3) is 0.462. The number of carbonyl (C=O) groups is 1. The first-order valence-electron chi connectivity index (χ1n) is 5.84. The van der Waals surface area contributed by atoms with Crippen LogP contribution in [0.25, 0.3) is 0 Å². The molecule has 1 heterocycles. The van der Waals surface area contributed by atoms with Crippen LogP contribution in [0, 0.1) is 0 Å². The molecule has 5 heteroatoms. The van der Waals surface area contributed by atoms with Gasteiger partial charge in [-0.3, -0.25) is 0 Å². The van der Waals surface area contributed by atoms with Crippen LogP contribution in [0.15, 0.2) is 24.3 Å². The number of carboxylic acid groups (broad SMARTS) is 1. The van der Waals surface area contributed by atoms with E-state index in [1.807, 2.05) is 0 Å². The molecule has 1 aliphatic heterocycles. The summed E-state index contributed by atoms with van der Waals surface area (Å²) < 4.78 is 5.79. The van der Waals surface area contributed by atoms with Crippen LogP contribution in [-0.2, 0) is 0 Å². The van der Waals surface area contributed by atoms with E-state index in [-0.39, 0.29) is 32.0 Å². The maximum Gasteiger partial charge on any atom is 1.00 e. The molecule has 2 rings (SSSR count). The Labute approximate surface area is 121 Å². The number of para-hydroxylation sites is 1. The van der Waals surface area contributed by atoms with Gasteiger partial charge in [0.05, 0.1) is 0 Å². The predicted octanol–water partition coefficient (Wildman–Crippen LogP) is -1.03. The van der Waals surface area contributed by atoms with Crippen molar-refractivity contribution in [1.29, 1.82) is 0 Å². The number of carboxylic acids is 1. The summed E-state index contributed by atoms with van der Waals surface area (Å²) in [4.78, 5) is 13.3. The van der Waals surface area contributed by atoms with Crippen LogP contribution in [-0.4, -0.2) is 42.2 Å². The van der Waals surface area contributed by atoms with E-state index in [0.717, 1.165) is 25.9 Å². The zero-order valence-corrected chi connectivity index (χ0v) is 10.9. The van der Waals surface area contributed by atoms with E-state index >= 15 is 0 Å². The fourth-order valence-electron chi connectivity index (χ4n) is 2.03. The van der Waals surface area contributed by atoms with Gasteiger partial charge in [-0.15, -0.1) is 0 Å². The third kappa shape index (κ3) is 3.77. The van der Waals surface area contributed by atoms with E-state index in [1.54, 1.807) is 24.3 Å². The Morgan fingerprint density at radius 1 is 1.39 bits per heavy atom. The molecule has 1 saturated heterocycles. The van der Waals surface area contributed by atoms with E-state index in [1.165, 1.54) is 0 Å². The summed E-state index contributed by atoms with van der Waals surface area (Å²) in [6.45, 7) is 2.00. The molecule has 0 spiro atoms. The van der Waals surface area contributed by atoms with Gasteiger partial charge in [0, 0.05) is 13.1 Å². The molecule has 1 N–H and O–H groups in total. The summed E-state index contributed by atoms with van der Waals surface area (Å²) in [5, 5.41) is 9.05. The van der Waals surface area contributed by atoms with E-state index in [9.17, 15) is 4.79 Å². The molecule has 0 aliphatic carbocycles. The SMILES string of the molecule is CN1CCC(Oc2ccccc2C(=O)O)CC1.[H-].[Li+]. The van der Waals surface area contributed by atoms with Crippen LogP contribution in [0.5, 0.6) is 5.75 Å². The van der Waals surface area contributed by atoms with Crippen LogP contribution in [0.4, 0.5) is 0 Å². The first-order chi connectivity index (χ1) is 8.16. The smallest absolute Gasteiger partial charge is 1.00 e. The number of hydrogen-bond donors (Lipinski definition) is 1. The first-order valence-corrected chi connectivity index (χ1v) is 5.84. The van der Waals surface area contributed by atoms with Gasteiger partial charge in [-0.05, 0) is 32.0 Å². The van der Waals surface area contributed by atoms with Gasteiger partial charge in [0.25, 0.3) is 0 Å². The molecule has 1 aromatic carbocycles. The Morgan fingerprint density at radius 2 is 2.00 bits per heavy atom. The molecule has 0 aromatic heterocycles. The standard InChI is InChI=1S/C13H17NO3.Li.H/c1-14-8-6-10(7-9-14)17-12-5-3-2-4-11(12)13(15)16;;/h2-5,10H,6-9H2,1H3,(H,15,16);;/q;+1;-1. The summed E-state index contributed by atoms with van der Waals surface area (Å²) in [5.74, 6) is -0.455. The molecule has 0 radical (unpaired) electrons. The van der Waals surface area contributed by atoms with Gasteiger partial charge < -0.3 is 16.2 Å². The minimum atomic E-state index is -0.937. The van der Waals surface area contributed by atoms with E-state index < -0.39 is 5.97 Å². The van der Waals surface area contributed by atoms with Gasteiger partial charge >= 0.3 is 24.8 Å². The van der Waals surface area contributed by atoms with Crippen molar-refractivity contribution in [2.24, 2.45) is 0 Å². The average Bonchev–Trinajstić information content (AvgIpc) is 2.32. The molecule has 0 atom stereocenters. The summed E-state index contributed by atoms with van der Waals surface area (Å²) in [6.07, 6.45) is 2.03. The zero-order chi connectivity index (χ0) is 12.3. The number of aromatic carboxylic acids is 1. The van der Waals surface area contributed by atoms with Crippen molar-refractivity contribution in [3.05, 3.63) is 29.8 Å². The minimum Gasteiger partial charge on any atom is -1.00 e. The molecule has 1 fully saturated rings. The number of benzene rings is 1. The predicted molar refractivity (Wildman–Crippen MR) is 65.7 cm³/mol. The summed E-state index contributed by atoms with van der Waals surface area (Å²) >= 11 is 0. The third-order valence-electron chi connectivity index (χ3n) is 3.08. The van der Waals surface area contributed by atoms with Gasteiger partial charge in [-0.25, -0.2) is 4.79 Å². The number of piperidine rings is 1.